The van der Waals surface area contributed by atoms with Gasteiger partial charge in [0.2, 0.25) is 0 Å². The summed E-state index contributed by atoms with van der Waals surface area (Å²) in [5.41, 5.74) is 0.730. The van der Waals surface area contributed by atoms with Crippen LogP contribution in [0.5, 0.6) is 0 Å². The quantitative estimate of drug-likeness (QED) is 0.385. The lowest BCUT2D eigenvalue weighted by Crippen LogP contribution is -2.33. The van der Waals surface area contributed by atoms with Crippen molar-refractivity contribution in [2.75, 3.05) is 27.4 Å². The Morgan fingerprint density at radius 1 is 1.33 bits per heavy atom. The number of benzene rings is 1. The Morgan fingerprint density at radius 3 is 2.70 bits per heavy atom. The van der Waals surface area contributed by atoms with Crippen molar-refractivity contribution in [1.82, 2.24) is 9.88 Å². The van der Waals surface area contributed by atoms with Crippen LogP contribution in [0.1, 0.15) is 31.4 Å². The van der Waals surface area contributed by atoms with E-state index in [1.807, 2.05) is 0 Å². The maximum Gasteiger partial charge on any atom is 0.357 e. The molecule has 0 unspecified atom stereocenters. The first-order valence-electron chi connectivity index (χ1n) is 7.93. The summed E-state index contributed by atoms with van der Waals surface area (Å²) >= 11 is 1.22. The van der Waals surface area contributed by atoms with Gasteiger partial charge in [0.25, 0.3) is 11.6 Å². The summed E-state index contributed by atoms with van der Waals surface area (Å²) in [4.78, 5) is 40.7. The number of carbonyl (C=O) groups excluding carboxylic acids is 2. The summed E-state index contributed by atoms with van der Waals surface area (Å²) in [5, 5.41) is 13.2. The van der Waals surface area contributed by atoms with Crippen molar-refractivity contribution in [3.05, 3.63) is 55.5 Å². The lowest BCUT2D eigenvalue weighted by atomic mass is 10.1. The van der Waals surface area contributed by atoms with Crippen molar-refractivity contribution in [3.8, 4) is 0 Å². The molecular formula is C17H19N3O6S. The Labute approximate surface area is 159 Å². The van der Waals surface area contributed by atoms with E-state index in [0.717, 1.165) is 0 Å². The van der Waals surface area contributed by atoms with Gasteiger partial charge in [-0.2, -0.15) is 0 Å². The molecule has 0 radical (unpaired) electrons. The lowest BCUT2D eigenvalue weighted by molar-refractivity contribution is -0.385. The fraction of sp³-hybridized carbons (Fsp3) is 0.353. The van der Waals surface area contributed by atoms with Crippen molar-refractivity contribution in [3.63, 3.8) is 0 Å². The number of hydrogen-bond acceptors (Lipinski definition) is 8. The van der Waals surface area contributed by atoms with Gasteiger partial charge in [0, 0.05) is 36.2 Å². The second-order valence-electron chi connectivity index (χ2n) is 5.60. The molecule has 27 heavy (non-hydrogen) atoms. The molecule has 1 amide bonds. The van der Waals surface area contributed by atoms with E-state index in [0.29, 0.717) is 10.6 Å². The number of esters is 1. The second kappa shape index (κ2) is 9.19. The summed E-state index contributed by atoms with van der Waals surface area (Å²) in [5.74, 6) is -0.939. The monoisotopic (exact) mass is 393 g/mol. The molecule has 0 aliphatic rings. The minimum absolute atomic E-state index is 0.116. The molecule has 0 atom stereocenters. The molecule has 1 aromatic carbocycles. The van der Waals surface area contributed by atoms with E-state index in [4.69, 9.17) is 4.74 Å². The number of carbonyl (C=O) groups is 2. The van der Waals surface area contributed by atoms with Gasteiger partial charge in [-0.25, -0.2) is 9.78 Å². The third-order valence-electron chi connectivity index (χ3n) is 3.78. The Bertz CT molecular complexity index is 851. The molecule has 0 aliphatic carbocycles. The summed E-state index contributed by atoms with van der Waals surface area (Å²) in [6.07, 6.45) is 0. The van der Waals surface area contributed by atoms with E-state index >= 15 is 0 Å². The van der Waals surface area contributed by atoms with E-state index in [2.05, 4.69) is 9.72 Å². The first kappa shape index (κ1) is 20.5. The third-order valence-corrected chi connectivity index (χ3v) is 4.61. The molecule has 1 heterocycles. The minimum Gasteiger partial charge on any atom is -0.464 e. The predicted octanol–water partition coefficient (Wildman–Crippen LogP) is 2.44. The number of aryl methyl sites for hydroxylation is 1. The van der Waals surface area contributed by atoms with Gasteiger partial charge in [-0.05, 0) is 13.0 Å². The zero-order valence-corrected chi connectivity index (χ0v) is 15.9. The van der Waals surface area contributed by atoms with Crippen LogP contribution in [0.15, 0.2) is 23.6 Å². The zero-order valence-electron chi connectivity index (χ0n) is 15.1. The topological polar surface area (TPSA) is 112 Å². The van der Waals surface area contributed by atoms with Crippen LogP contribution in [0.4, 0.5) is 5.69 Å². The van der Waals surface area contributed by atoms with Gasteiger partial charge in [0.05, 0.1) is 25.2 Å². The van der Waals surface area contributed by atoms with Gasteiger partial charge in [0.1, 0.15) is 5.01 Å². The van der Waals surface area contributed by atoms with E-state index in [1.165, 1.54) is 36.5 Å². The molecule has 9 nitrogen and oxygen atoms in total. The smallest absolute Gasteiger partial charge is 0.357 e. The van der Waals surface area contributed by atoms with Crippen molar-refractivity contribution in [2.45, 2.75) is 13.5 Å². The van der Waals surface area contributed by atoms with Crippen LogP contribution in [0.2, 0.25) is 0 Å². The molecule has 0 spiro atoms. The molecule has 10 heteroatoms. The van der Waals surface area contributed by atoms with Crippen molar-refractivity contribution in [1.29, 1.82) is 0 Å². The van der Waals surface area contributed by atoms with E-state index < -0.39 is 10.9 Å². The molecule has 2 rings (SSSR count). The van der Waals surface area contributed by atoms with E-state index in [-0.39, 0.29) is 42.5 Å². The fourth-order valence-corrected chi connectivity index (χ4v) is 3.10. The molecule has 2 aromatic rings. The van der Waals surface area contributed by atoms with Gasteiger partial charge in [-0.1, -0.05) is 6.07 Å². The summed E-state index contributed by atoms with van der Waals surface area (Å²) in [7, 11) is 2.78. The summed E-state index contributed by atoms with van der Waals surface area (Å²) < 4.78 is 9.67. The maximum atomic E-state index is 12.9. The number of ether oxygens (including phenoxy) is 2. The SMILES string of the molecule is COCCN(Cc1nc(C(=O)OC)cs1)C(=O)c1ccc(C)c([N+](=O)[O-])c1. The summed E-state index contributed by atoms with van der Waals surface area (Å²) in [6.45, 7) is 2.31. The molecule has 0 bridgehead atoms. The number of methoxy groups -OCH3 is 2. The molecule has 1 aromatic heterocycles. The Kier molecular flexibility index (Phi) is 6.97. The predicted molar refractivity (Wildman–Crippen MR) is 97.9 cm³/mol. The highest BCUT2D eigenvalue weighted by Gasteiger charge is 2.21. The number of aromatic nitrogens is 1. The fourth-order valence-electron chi connectivity index (χ4n) is 2.32. The number of hydrogen-bond donors (Lipinski definition) is 0. The van der Waals surface area contributed by atoms with Crippen LogP contribution >= 0.6 is 11.3 Å². The average molecular weight is 393 g/mol. The van der Waals surface area contributed by atoms with Gasteiger partial charge in [-0.3, -0.25) is 14.9 Å². The molecule has 0 saturated heterocycles. The number of thiazole rings is 1. The first-order valence-corrected chi connectivity index (χ1v) is 8.81. The van der Waals surface area contributed by atoms with Gasteiger partial charge >= 0.3 is 5.97 Å². The van der Waals surface area contributed by atoms with Gasteiger partial charge in [0.15, 0.2) is 5.69 Å². The second-order valence-corrected chi connectivity index (χ2v) is 6.54. The Morgan fingerprint density at radius 2 is 2.07 bits per heavy atom. The standard InChI is InChI=1S/C17H19N3O6S/c1-11-4-5-12(8-14(11)20(23)24)16(21)19(6-7-25-2)9-15-18-13(10-27-15)17(22)26-3/h4-5,8,10H,6-7,9H2,1-3H3. The Hall–Kier alpha value is -2.85. The van der Waals surface area contributed by atoms with Crippen molar-refractivity contribution < 1.29 is 24.0 Å². The molecular weight excluding hydrogens is 374 g/mol. The van der Waals surface area contributed by atoms with Gasteiger partial charge in [-0.15, -0.1) is 11.3 Å². The normalized spacial score (nSPS) is 10.5. The van der Waals surface area contributed by atoms with E-state index in [9.17, 15) is 19.7 Å². The molecule has 0 aliphatic heterocycles. The summed E-state index contributed by atoms with van der Waals surface area (Å²) in [6, 6.07) is 4.35. The molecule has 0 N–H and O–H groups in total. The third kappa shape index (κ3) is 5.08. The largest absolute Gasteiger partial charge is 0.464 e. The number of rotatable bonds is 8. The van der Waals surface area contributed by atoms with E-state index in [1.54, 1.807) is 24.4 Å². The van der Waals surface area contributed by atoms with Crippen LogP contribution < -0.4 is 0 Å². The Balaban J connectivity index is 2.26. The zero-order chi connectivity index (χ0) is 20.0. The number of nitrogens with zero attached hydrogens (tertiary/aromatic N) is 3. The highest BCUT2D eigenvalue weighted by Crippen LogP contribution is 2.21. The van der Waals surface area contributed by atoms with Crippen LogP contribution in [0.25, 0.3) is 0 Å². The number of amides is 1. The lowest BCUT2D eigenvalue weighted by Gasteiger charge is -2.21. The molecule has 144 valence electrons. The highest BCUT2D eigenvalue weighted by atomic mass is 32.1. The van der Waals surface area contributed by atoms with Crippen LogP contribution in [0, 0.1) is 17.0 Å². The number of nitro groups is 1. The maximum absolute atomic E-state index is 12.9. The highest BCUT2D eigenvalue weighted by molar-refractivity contribution is 7.09. The van der Waals surface area contributed by atoms with Crippen LogP contribution in [-0.4, -0.2) is 54.1 Å². The van der Waals surface area contributed by atoms with Crippen molar-refractivity contribution >= 4 is 28.9 Å². The minimum atomic E-state index is -0.554. The van der Waals surface area contributed by atoms with Crippen molar-refractivity contribution in [2.24, 2.45) is 0 Å². The molecule has 0 saturated carbocycles. The van der Waals surface area contributed by atoms with Crippen LogP contribution in [0.3, 0.4) is 0 Å². The van der Waals surface area contributed by atoms with Crippen LogP contribution in [-0.2, 0) is 16.0 Å². The first-order chi connectivity index (χ1) is 12.9. The van der Waals surface area contributed by atoms with Gasteiger partial charge < -0.3 is 14.4 Å². The average Bonchev–Trinajstić information content (AvgIpc) is 3.12. The number of nitro benzene ring substituents is 1. The molecule has 0 fully saturated rings.